The van der Waals surface area contributed by atoms with Gasteiger partial charge in [-0.1, -0.05) is 30.9 Å². The molecule has 1 aromatic rings. The highest BCUT2D eigenvalue weighted by Crippen LogP contribution is 2.35. The van der Waals surface area contributed by atoms with Gasteiger partial charge in [-0.25, -0.2) is 0 Å². The van der Waals surface area contributed by atoms with Gasteiger partial charge in [0.05, 0.1) is 20.2 Å². The first-order chi connectivity index (χ1) is 7.66. The van der Waals surface area contributed by atoms with Crippen molar-refractivity contribution in [1.82, 2.24) is 0 Å². The van der Waals surface area contributed by atoms with Gasteiger partial charge in [0.25, 0.3) is 0 Å². The average Bonchev–Trinajstić information content (AvgIpc) is 2.15. The molecule has 0 aromatic heterocycles. The van der Waals surface area contributed by atoms with Gasteiger partial charge < -0.3 is 4.74 Å². The second kappa shape index (κ2) is 4.72. The van der Waals surface area contributed by atoms with Gasteiger partial charge in [-0.2, -0.15) is 13.2 Å². The number of ether oxygens (including phenoxy) is 1. The Morgan fingerprint density at radius 3 is 2.18 bits per heavy atom. The van der Waals surface area contributed by atoms with Gasteiger partial charge in [0, 0.05) is 0 Å². The lowest BCUT2D eigenvalue weighted by molar-refractivity contribution is -0.138. The molecule has 0 amide bonds. The average molecular weight is 262 g/mol. The predicted octanol–water partition coefficient (Wildman–Crippen LogP) is 3.65. The minimum atomic E-state index is -4.36. The van der Waals surface area contributed by atoms with Gasteiger partial charge in [-0.05, 0) is 19.1 Å². The third-order valence-corrected chi connectivity index (χ3v) is 4.49. The zero-order valence-electron chi connectivity index (χ0n) is 10.5. The van der Waals surface area contributed by atoms with E-state index in [1.54, 1.807) is 13.0 Å². The summed E-state index contributed by atoms with van der Waals surface area (Å²) >= 11 is 0. The molecule has 0 heterocycles. The standard InChI is InChI=1S/C12H17F3OSi/c1-5-16-11-7-6-9(17(2,3)4)8-10(11)12(13,14)15/h6-8H,5H2,1-4H3. The molecule has 0 unspecified atom stereocenters. The fourth-order valence-corrected chi connectivity index (χ4v) is 2.66. The van der Waals surface area contributed by atoms with E-state index in [0.717, 1.165) is 5.19 Å². The zero-order valence-corrected chi connectivity index (χ0v) is 11.5. The molecule has 0 atom stereocenters. The molecular formula is C12H17F3OSi. The topological polar surface area (TPSA) is 9.23 Å². The van der Waals surface area contributed by atoms with Crippen molar-refractivity contribution in [2.75, 3.05) is 6.61 Å². The summed E-state index contributed by atoms with van der Waals surface area (Å²) in [7, 11) is -1.74. The van der Waals surface area contributed by atoms with Crippen LogP contribution < -0.4 is 9.92 Å². The number of rotatable bonds is 3. The number of alkyl halides is 3. The second-order valence-electron chi connectivity index (χ2n) is 4.89. The lowest BCUT2D eigenvalue weighted by Crippen LogP contribution is -2.38. The summed E-state index contributed by atoms with van der Waals surface area (Å²) in [5, 5.41) is 0.785. The summed E-state index contributed by atoms with van der Waals surface area (Å²) in [5.41, 5.74) is -0.667. The van der Waals surface area contributed by atoms with Crippen LogP contribution in [0.4, 0.5) is 13.2 Å². The van der Waals surface area contributed by atoms with Crippen LogP contribution in [0.5, 0.6) is 5.75 Å². The van der Waals surface area contributed by atoms with E-state index in [2.05, 4.69) is 0 Å². The molecule has 0 radical (unpaired) electrons. The molecule has 1 aromatic carbocycles. The molecule has 0 aliphatic heterocycles. The van der Waals surface area contributed by atoms with Crippen LogP contribution in [-0.4, -0.2) is 14.7 Å². The molecule has 1 rings (SSSR count). The van der Waals surface area contributed by atoms with E-state index in [4.69, 9.17) is 4.74 Å². The van der Waals surface area contributed by atoms with E-state index in [-0.39, 0.29) is 12.4 Å². The van der Waals surface area contributed by atoms with E-state index in [1.807, 2.05) is 19.6 Å². The zero-order chi connectivity index (χ0) is 13.3. The van der Waals surface area contributed by atoms with Gasteiger partial charge in [-0.15, -0.1) is 0 Å². The molecule has 17 heavy (non-hydrogen) atoms. The predicted molar refractivity (Wildman–Crippen MR) is 65.6 cm³/mol. The maximum atomic E-state index is 12.9. The van der Waals surface area contributed by atoms with Gasteiger partial charge >= 0.3 is 6.18 Å². The van der Waals surface area contributed by atoms with Crippen LogP contribution >= 0.6 is 0 Å². The molecule has 96 valence electrons. The summed E-state index contributed by atoms with van der Waals surface area (Å²) < 4.78 is 43.7. The Kier molecular flexibility index (Phi) is 3.91. The highest BCUT2D eigenvalue weighted by Gasteiger charge is 2.35. The number of halogens is 3. The second-order valence-corrected chi connectivity index (χ2v) is 9.97. The molecule has 5 heteroatoms. The van der Waals surface area contributed by atoms with Crippen LogP contribution in [0.25, 0.3) is 0 Å². The third-order valence-electron chi connectivity index (χ3n) is 2.45. The summed E-state index contributed by atoms with van der Waals surface area (Å²) in [6.07, 6.45) is -4.36. The van der Waals surface area contributed by atoms with Crippen molar-refractivity contribution in [3.63, 3.8) is 0 Å². The van der Waals surface area contributed by atoms with Crippen LogP contribution in [0.3, 0.4) is 0 Å². The Bertz CT molecular complexity index is 394. The quantitative estimate of drug-likeness (QED) is 0.756. The summed E-state index contributed by atoms with van der Waals surface area (Å²) in [5.74, 6) is -0.0815. The fourth-order valence-electron chi connectivity index (χ4n) is 1.50. The first kappa shape index (κ1) is 14.1. The molecule has 1 nitrogen and oxygen atoms in total. The van der Waals surface area contributed by atoms with Crippen molar-refractivity contribution in [3.8, 4) is 5.75 Å². The summed E-state index contributed by atoms with van der Waals surface area (Å²) in [4.78, 5) is 0. The molecule has 0 aliphatic carbocycles. The molecule has 0 aliphatic rings. The van der Waals surface area contributed by atoms with Crippen molar-refractivity contribution >= 4 is 13.3 Å². The largest absolute Gasteiger partial charge is 0.493 e. The smallest absolute Gasteiger partial charge is 0.419 e. The lowest BCUT2D eigenvalue weighted by Gasteiger charge is -2.20. The summed E-state index contributed by atoms with van der Waals surface area (Å²) in [6.45, 7) is 7.95. The molecule has 0 saturated carbocycles. The molecular weight excluding hydrogens is 245 g/mol. The van der Waals surface area contributed by atoms with Crippen LogP contribution in [-0.2, 0) is 6.18 Å². The van der Waals surface area contributed by atoms with Crippen molar-refractivity contribution < 1.29 is 17.9 Å². The van der Waals surface area contributed by atoms with Crippen molar-refractivity contribution in [3.05, 3.63) is 23.8 Å². The third kappa shape index (κ3) is 3.49. The van der Waals surface area contributed by atoms with Gasteiger partial charge in [0.1, 0.15) is 5.75 Å². The first-order valence-electron chi connectivity index (χ1n) is 5.50. The molecule has 0 saturated heterocycles. The Morgan fingerprint density at radius 2 is 1.76 bits per heavy atom. The number of hydrogen-bond acceptors (Lipinski definition) is 1. The van der Waals surface area contributed by atoms with E-state index < -0.39 is 19.8 Å². The van der Waals surface area contributed by atoms with Crippen molar-refractivity contribution in [2.45, 2.75) is 32.7 Å². The monoisotopic (exact) mass is 262 g/mol. The maximum absolute atomic E-state index is 12.9. The van der Waals surface area contributed by atoms with E-state index in [1.165, 1.54) is 12.1 Å². The van der Waals surface area contributed by atoms with Crippen molar-refractivity contribution in [1.29, 1.82) is 0 Å². The van der Waals surface area contributed by atoms with Gasteiger partial charge in [-0.3, -0.25) is 0 Å². The molecule has 0 fully saturated rings. The molecule has 0 spiro atoms. The Balaban J connectivity index is 3.30. The minimum Gasteiger partial charge on any atom is -0.493 e. The summed E-state index contributed by atoms with van der Waals surface area (Å²) in [6, 6.07) is 4.41. The van der Waals surface area contributed by atoms with Crippen LogP contribution in [0, 0.1) is 0 Å². The minimum absolute atomic E-state index is 0.0815. The Hall–Kier alpha value is -0.973. The lowest BCUT2D eigenvalue weighted by atomic mass is 10.2. The Labute approximate surface area is 101 Å². The maximum Gasteiger partial charge on any atom is 0.419 e. The van der Waals surface area contributed by atoms with Crippen LogP contribution in [0.15, 0.2) is 18.2 Å². The first-order valence-corrected chi connectivity index (χ1v) is 9.00. The molecule has 0 bridgehead atoms. The normalized spacial score (nSPS) is 12.6. The van der Waals surface area contributed by atoms with E-state index >= 15 is 0 Å². The van der Waals surface area contributed by atoms with Crippen LogP contribution in [0.1, 0.15) is 12.5 Å². The van der Waals surface area contributed by atoms with E-state index in [0.29, 0.717) is 0 Å². The van der Waals surface area contributed by atoms with Gasteiger partial charge in [0.15, 0.2) is 0 Å². The SMILES string of the molecule is CCOc1ccc([Si](C)(C)C)cc1C(F)(F)F. The molecule has 0 N–H and O–H groups in total. The fraction of sp³-hybridized carbons (Fsp3) is 0.500. The van der Waals surface area contributed by atoms with Gasteiger partial charge in [0.2, 0.25) is 0 Å². The highest BCUT2D eigenvalue weighted by atomic mass is 28.3. The Morgan fingerprint density at radius 1 is 1.18 bits per heavy atom. The van der Waals surface area contributed by atoms with E-state index in [9.17, 15) is 13.2 Å². The highest BCUT2D eigenvalue weighted by molar-refractivity contribution is 6.88. The van der Waals surface area contributed by atoms with Crippen LogP contribution in [0.2, 0.25) is 19.6 Å². The van der Waals surface area contributed by atoms with Crippen molar-refractivity contribution in [2.24, 2.45) is 0 Å². The number of hydrogen-bond donors (Lipinski definition) is 0. The number of benzene rings is 1.